The lowest BCUT2D eigenvalue weighted by Gasteiger charge is -2.20. The Morgan fingerprint density at radius 3 is 2.27 bits per heavy atom. The van der Waals surface area contributed by atoms with Gasteiger partial charge < -0.3 is 15.4 Å². The Morgan fingerprint density at radius 2 is 1.70 bits per heavy atom. The Labute approximate surface area is 173 Å². The summed E-state index contributed by atoms with van der Waals surface area (Å²) in [5.41, 5.74) is 0.582. The second-order valence-corrected chi connectivity index (χ2v) is 8.30. The number of sulfone groups is 1. The van der Waals surface area contributed by atoms with Gasteiger partial charge in [-0.3, -0.25) is 9.59 Å². The third kappa shape index (κ3) is 5.99. The van der Waals surface area contributed by atoms with Crippen LogP contribution in [-0.2, 0) is 14.6 Å². The molecule has 0 aliphatic carbocycles. The molecule has 2 aromatic rings. The zero-order chi connectivity index (χ0) is 22.3. The Bertz CT molecular complexity index is 995. The summed E-state index contributed by atoms with van der Waals surface area (Å²) in [5, 5.41) is 4.98. The molecule has 0 aliphatic heterocycles. The van der Waals surface area contributed by atoms with Crippen molar-refractivity contribution in [2.45, 2.75) is 30.9 Å². The van der Waals surface area contributed by atoms with Crippen molar-refractivity contribution in [1.82, 2.24) is 10.6 Å². The number of carbonyl (C=O) groups is 2. The number of hydrogen-bond acceptors (Lipinski definition) is 5. The predicted octanol–water partition coefficient (Wildman–Crippen LogP) is 2.69. The molecule has 2 N–H and O–H groups in total. The van der Waals surface area contributed by atoms with Crippen LogP contribution in [0.25, 0.3) is 0 Å². The Kier molecular flexibility index (Phi) is 7.87. The molecule has 0 saturated heterocycles. The van der Waals surface area contributed by atoms with Crippen LogP contribution in [0.5, 0.6) is 5.75 Å². The quantitative estimate of drug-likeness (QED) is 0.624. The molecule has 2 aromatic carbocycles. The van der Waals surface area contributed by atoms with Crippen molar-refractivity contribution in [1.29, 1.82) is 0 Å². The van der Waals surface area contributed by atoms with Crippen LogP contribution in [0, 0.1) is 0 Å². The molecular weight excluding hydrogens is 418 g/mol. The number of carbonyl (C=O) groups excluding carboxylic acids is 2. The summed E-state index contributed by atoms with van der Waals surface area (Å²) < 4.78 is 54.2. The van der Waals surface area contributed by atoms with Crippen LogP contribution in [0.4, 0.5) is 8.78 Å². The number of alkyl halides is 2. The number of halogens is 2. The zero-order valence-corrected chi connectivity index (χ0v) is 17.2. The summed E-state index contributed by atoms with van der Waals surface area (Å²) in [5.74, 6) is -1.89. The number of rotatable bonds is 9. The Hall–Kier alpha value is -3.01. The van der Waals surface area contributed by atoms with E-state index in [1.807, 2.05) is 0 Å². The molecule has 30 heavy (non-hydrogen) atoms. The monoisotopic (exact) mass is 440 g/mol. The van der Waals surface area contributed by atoms with E-state index in [0.717, 1.165) is 0 Å². The van der Waals surface area contributed by atoms with Crippen LogP contribution < -0.4 is 15.4 Å². The molecule has 2 rings (SSSR count). The smallest absolute Gasteiger partial charge is 0.387 e. The first-order chi connectivity index (χ1) is 14.2. The number of benzene rings is 2. The third-order valence-corrected chi connectivity index (χ3v) is 5.93. The number of hydrogen-bond donors (Lipinski definition) is 2. The predicted molar refractivity (Wildman–Crippen MR) is 106 cm³/mol. The number of para-hydroxylation sites is 1. The molecule has 0 saturated carbocycles. The van der Waals surface area contributed by atoms with Crippen LogP contribution in [0.2, 0.25) is 0 Å². The van der Waals surface area contributed by atoms with E-state index in [4.69, 9.17) is 0 Å². The maximum absolute atomic E-state index is 12.6. The van der Waals surface area contributed by atoms with Gasteiger partial charge in [-0.05, 0) is 36.8 Å². The number of amides is 2. The van der Waals surface area contributed by atoms with E-state index >= 15 is 0 Å². The van der Waals surface area contributed by atoms with Crippen molar-refractivity contribution in [3.63, 3.8) is 0 Å². The van der Waals surface area contributed by atoms with Gasteiger partial charge in [0.15, 0.2) is 9.84 Å². The van der Waals surface area contributed by atoms with Gasteiger partial charge >= 0.3 is 6.61 Å². The van der Waals surface area contributed by atoms with Gasteiger partial charge in [0.2, 0.25) is 5.91 Å². The standard InChI is InChI=1S/C20H22F2N2O5S/c1-3-16(15-6-4-5-7-17(15)29-20(21)22)24-19(26)13-8-10-14(11-9-13)30(27,28)12-18(25)23-2/h4-11,16,20H,3,12H2,1-2H3,(H,23,25)(H,24,26)/t16-/m1/s1. The maximum atomic E-state index is 12.6. The Morgan fingerprint density at radius 1 is 1.07 bits per heavy atom. The van der Waals surface area contributed by atoms with E-state index in [2.05, 4.69) is 15.4 Å². The minimum absolute atomic E-state index is 0.0321. The summed E-state index contributed by atoms with van der Waals surface area (Å²) in [4.78, 5) is 23.8. The van der Waals surface area contributed by atoms with E-state index < -0.39 is 40.1 Å². The highest BCUT2D eigenvalue weighted by Gasteiger charge is 2.21. The van der Waals surface area contributed by atoms with Gasteiger partial charge in [-0.25, -0.2) is 8.42 Å². The van der Waals surface area contributed by atoms with Crippen molar-refractivity contribution in [3.05, 3.63) is 59.7 Å². The van der Waals surface area contributed by atoms with Crippen molar-refractivity contribution in [3.8, 4) is 5.75 Å². The zero-order valence-electron chi connectivity index (χ0n) is 16.4. The molecule has 0 bridgehead atoms. The summed E-state index contributed by atoms with van der Waals surface area (Å²) in [6.07, 6.45) is 0.411. The van der Waals surface area contributed by atoms with Gasteiger partial charge in [-0.1, -0.05) is 25.1 Å². The lowest BCUT2D eigenvalue weighted by Crippen LogP contribution is -2.29. The van der Waals surface area contributed by atoms with Gasteiger partial charge in [0.1, 0.15) is 11.5 Å². The fourth-order valence-electron chi connectivity index (χ4n) is 2.75. The summed E-state index contributed by atoms with van der Waals surface area (Å²) >= 11 is 0. The molecule has 10 heteroatoms. The minimum Gasteiger partial charge on any atom is -0.434 e. The molecule has 7 nitrogen and oxygen atoms in total. The average Bonchev–Trinajstić information content (AvgIpc) is 2.71. The van der Waals surface area contributed by atoms with Gasteiger partial charge in [0.05, 0.1) is 10.9 Å². The van der Waals surface area contributed by atoms with Crippen LogP contribution in [0.3, 0.4) is 0 Å². The lowest BCUT2D eigenvalue weighted by molar-refractivity contribution is -0.118. The third-order valence-electron chi connectivity index (χ3n) is 4.30. The normalized spacial score (nSPS) is 12.3. The van der Waals surface area contributed by atoms with E-state index in [1.165, 1.54) is 37.4 Å². The molecule has 162 valence electrons. The highest BCUT2D eigenvalue weighted by Crippen LogP contribution is 2.28. The van der Waals surface area contributed by atoms with Crippen molar-refractivity contribution >= 4 is 21.7 Å². The molecule has 0 aromatic heterocycles. The van der Waals surface area contributed by atoms with Gasteiger partial charge in [0.25, 0.3) is 5.91 Å². The Balaban J connectivity index is 2.18. The van der Waals surface area contributed by atoms with Crippen LogP contribution in [-0.4, -0.2) is 39.6 Å². The molecular formula is C20H22F2N2O5S. The summed E-state index contributed by atoms with van der Waals surface area (Å²) in [7, 11) is -2.50. The summed E-state index contributed by atoms with van der Waals surface area (Å²) in [6, 6.07) is 10.7. The van der Waals surface area contributed by atoms with Crippen molar-refractivity contribution < 1.29 is 31.5 Å². The van der Waals surface area contributed by atoms with E-state index in [-0.39, 0.29) is 16.2 Å². The molecule has 0 heterocycles. The van der Waals surface area contributed by atoms with E-state index in [1.54, 1.807) is 25.1 Å². The van der Waals surface area contributed by atoms with Crippen LogP contribution in [0.1, 0.15) is 35.3 Å². The molecule has 2 amide bonds. The molecule has 0 aliphatic rings. The van der Waals surface area contributed by atoms with Crippen molar-refractivity contribution in [2.75, 3.05) is 12.8 Å². The highest BCUT2D eigenvalue weighted by molar-refractivity contribution is 7.92. The van der Waals surface area contributed by atoms with Gasteiger partial charge in [-0.2, -0.15) is 8.78 Å². The molecule has 1 atom stereocenters. The molecule has 0 unspecified atom stereocenters. The van der Waals surface area contributed by atoms with E-state index in [0.29, 0.717) is 12.0 Å². The first kappa shape index (κ1) is 23.3. The lowest BCUT2D eigenvalue weighted by atomic mass is 10.0. The molecule has 0 radical (unpaired) electrons. The largest absolute Gasteiger partial charge is 0.434 e. The first-order valence-electron chi connectivity index (χ1n) is 9.06. The highest BCUT2D eigenvalue weighted by atomic mass is 32.2. The second-order valence-electron chi connectivity index (χ2n) is 6.31. The minimum atomic E-state index is -3.83. The van der Waals surface area contributed by atoms with Crippen molar-refractivity contribution in [2.24, 2.45) is 0 Å². The summed E-state index contributed by atoms with van der Waals surface area (Å²) in [6.45, 7) is -1.22. The number of nitrogens with one attached hydrogen (secondary N) is 2. The van der Waals surface area contributed by atoms with Crippen LogP contribution in [0.15, 0.2) is 53.4 Å². The second kappa shape index (κ2) is 10.1. The fraction of sp³-hybridized carbons (Fsp3) is 0.300. The van der Waals surface area contributed by atoms with Gasteiger partial charge in [0, 0.05) is 18.2 Å². The number of ether oxygens (including phenoxy) is 1. The maximum Gasteiger partial charge on any atom is 0.387 e. The topological polar surface area (TPSA) is 102 Å². The molecule has 0 fully saturated rings. The first-order valence-corrected chi connectivity index (χ1v) is 10.7. The van der Waals surface area contributed by atoms with Gasteiger partial charge in [-0.15, -0.1) is 0 Å². The van der Waals surface area contributed by atoms with E-state index in [9.17, 15) is 26.8 Å². The average molecular weight is 440 g/mol. The fourth-order valence-corrected chi connectivity index (χ4v) is 3.96. The molecule has 0 spiro atoms. The SMILES string of the molecule is CC[C@@H](NC(=O)c1ccc(S(=O)(=O)CC(=O)NC)cc1)c1ccccc1OC(F)F. The van der Waals surface area contributed by atoms with Crippen LogP contribution >= 0.6 is 0 Å².